The van der Waals surface area contributed by atoms with Gasteiger partial charge in [-0.3, -0.25) is 4.99 Å². The van der Waals surface area contributed by atoms with Gasteiger partial charge in [0, 0.05) is 24.7 Å². The molecule has 0 unspecified atom stereocenters. The average molecular weight is 431 g/mol. The highest BCUT2D eigenvalue weighted by molar-refractivity contribution is 5.96. The summed E-state index contributed by atoms with van der Waals surface area (Å²) in [6.07, 6.45) is 8.81. The Morgan fingerprint density at radius 1 is 1.03 bits per heavy atom. The van der Waals surface area contributed by atoms with Crippen molar-refractivity contribution in [2.24, 2.45) is 4.99 Å². The summed E-state index contributed by atoms with van der Waals surface area (Å²) < 4.78 is 10.9. The second-order valence-corrected chi connectivity index (χ2v) is 7.26. The summed E-state index contributed by atoms with van der Waals surface area (Å²) in [5.74, 6) is 2.29. The first-order valence-electron chi connectivity index (χ1n) is 10.6. The molecule has 6 nitrogen and oxygen atoms in total. The topological polar surface area (TPSA) is 68.6 Å². The molecule has 0 atom stereocenters. The first kappa shape index (κ1) is 23.0. The Balaban J connectivity index is 1.98. The SMILES string of the molecule is CC/C=C(/C=C\C(C)=NC)CNc1ncnc2c(OC)cc(-c3ccc(OC)cc3)cc12. The number of aliphatic imine (C=N–C) groups is 1. The van der Waals surface area contributed by atoms with Crippen LogP contribution in [0.25, 0.3) is 22.0 Å². The van der Waals surface area contributed by atoms with E-state index in [1.807, 2.05) is 43.3 Å². The lowest BCUT2D eigenvalue weighted by atomic mass is 10.0. The second-order valence-electron chi connectivity index (χ2n) is 7.26. The van der Waals surface area contributed by atoms with E-state index in [1.165, 1.54) is 5.57 Å². The van der Waals surface area contributed by atoms with E-state index in [-0.39, 0.29) is 0 Å². The highest BCUT2D eigenvalue weighted by atomic mass is 16.5. The van der Waals surface area contributed by atoms with Crippen LogP contribution in [-0.2, 0) is 0 Å². The molecule has 0 aliphatic rings. The van der Waals surface area contributed by atoms with E-state index in [2.05, 4.69) is 45.4 Å². The number of anilines is 1. The molecule has 1 N–H and O–H groups in total. The van der Waals surface area contributed by atoms with Crippen molar-refractivity contribution in [3.05, 3.63) is 66.5 Å². The smallest absolute Gasteiger partial charge is 0.145 e. The van der Waals surface area contributed by atoms with E-state index < -0.39 is 0 Å². The molecule has 166 valence electrons. The monoisotopic (exact) mass is 430 g/mol. The van der Waals surface area contributed by atoms with Crippen LogP contribution in [0.15, 0.2) is 71.5 Å². The van der Waals surface area contributed by atoms with Crippen molar-refractivity contribution in [2.75, 3.05) is 33.1 Å². The Kier molecular flexibility index (Phi) is 7.97. The third-order valence-corrected chi connectivity index (χ3v) is 5.16. The van der Waals surface area contributed by atoms with Crippen LogP contribution in [0.3, 0.4) is 0 Å². The molecule has 1 aromatic heterocycles. The third kappa shape index (κ3) is 5.52. The van der Waals surface area contributed by atoms with Gasteiger partial charge in [-0.2, -0.15) is 0 Å². The number of benzene rings is 2. The molecule has 0 fully saturated rings. The van der Waals surface area contributed by atoms with E-state index in [1.54, 1.807) is 27.6 Å². The minimum atomic E-state index is 0.641. The number of aromatic nitrogens is 2. The number of nitrogens with zero attached hydrogens (tertiary/aromatic N) is 3. The van der Waals surface area contributed by atoms with Gasteiger partial charge in [-0.25, -0.2) is 9.97 Å². The zero-order valence-electron chi connectivity index (χ0n) is 19.3. The van der Waals surface area contributed by atoms with Crippen LogP contribution < -0.4 is 14.8 Å². The Bertz CT molecular complexity index is 1150. The van der Waals surface area contributed by atoms with Crippen LogP contribution in [0, 0.1) is 0 Å². The quantitative estimate of drug-likeness (QED) is 0.348. The third-order valence-electron chi connectivity index (χ3n) is 5.16. The van der Waals surface area contributed by atoms with Crippen molar-refractivity contribution < 1.29 is 9.47 Å². The van der Waals surface area contributed by atoms with Crippen molar-refractivity contribution in [1.29, 1.82) is 0 Å². The largest absolute Gasteiger partial charge is 0.497 e. The molecule has 3 rings (SSSR count). The molecule has 2 aromatic carbocycles. The standard InChI is InChI=1S/C26H30N4O2/c1-6-7-19(9-8-18(2)27-3)16-28-26-23-14-21(20-10-12-22(31-4)13-11-20)15-24(32-5)25(23)29-17-30-26/h7-15,17H,6,16H2,1-5H3,(H,28,29,30)/b9-8-,19-7-,27-18?. The minimum Gasteiger partial charge on any atom is -0.497 e. The molecule has 0 saturated heterocycles. The van der Waals surface area contributed by atoms with Gasteiger partial charge in [0.2, 0.25) is 0 Å². The van der Waals surface area contributed by atoms with Crippen molar-refractivity contribution >= 4 is 22.4 Å². The Morgan fingerprint density at radius 2 is 1.81 bits per heavy atom. The number of hydrogen-bond acceptors (Lipinski definition) is 6. The first-order valence-corrected chi connectivity index (χ1v) is 10.6. The van der Waals surface area contributed by atoms with Crippen LogP contribution in [0.1, 0.15) is 20.3 Å². The summed E-state index contributed by atoms with van der Waals surface area (Å²) in [4.78, 5) is 13.2. The molecule has 0 saturated carbocycles. The fourth-order valence-corrected chi connectivity index (χ4v) is 3.33. The van der Waals surface area contributed by atoms with E-state index >= 15 is 0 Å². The molecule has 0 aliphatic carbocycles. The summed E-state index contributed by atoms with van der Waals surface area (Å²) in [6.45, 7) is 4.75. The molecule has 0 aliphatic heterocycles. The Labute approximate surface area is 189 Å². The Hall–Kier alpha value is -3.67. The van der Waals surface area contributed by atoms with Gasteiger partial charge in [0.1, 0.15) is 29.2 Å². The van der Waals surface area contributed by atoms with Gasteiger partial charge in [0.05, 0.1) is 14.2 Å². The van der Waals surface area contributed by atoms with Gasteiger partial charge in [-0.1, -0.05) is 31.2 Å². The van der Waals surface area contributed by atoms with Gasteiger partial charge >= 0.3 is 0 Å². The van der Waals surface area contributed by atoms with E-state index in [0.29, 0.717) is 12.3 Å². The molecular formula is C26H30N4O2. The average Bonchev–Trinajstić information content (AvgIpc) is 2.84. The second kappa shape index (κ2) is 11.1. The molecule has 0 amide bonds. The van der Waals surface area contributed by atoms with Crippen LogP contribution >= 0.6 is 0 Å². The molecule has 1 heterocycles. The number of fused-ring (bicyclic) bond motifs is 1. The van der Waals surface area contributed by atoms with Crippen LogP contribution in [-0.4, -0.2) is 43.5 Å². The molecule has 32 heavy (non-hydrogen) atoms. The fraction of sp³-hybridized carbons (Fsp3) is 0.269. The summed E-state index contributed by atoms with van der Waals surface area (Å²) in [5.41, 5.74) is 5.00. The van der Waals surface area contributed by atoms with Gasteiger partial charge in [-0.05, 0) is 60.4 Å². The number of hydrogen-bond donors (Lipinski definition) is 1. The minimum absolute atomic E-state index is 0.641. The number of allylic oxidation sites excluding steroid dienone is 2. The van der Waals surface area contributed by atoms with Gasteiger partial charge in [-0.15, -0.1) is 0 Å². The lowest BCUT2D eigenvalue weighted by Crippen LogP contribution is -2.07. The van der Waals surface area contributed by atoms with Crippen molar-refractivity contribution in [1.82, 2.24) is 9.97 Å². The zero-order valence-corrected chi connectivity index (χ0v) is 19.3. The normalized spacial score (nSPS) is 12.4. The van der Waals surface area contributed by atoms with Crippen molar-refractivity contribution in [3.63, 3.8) is 0 Å². The predicted molar refractivity (Wildman–Crippen MR) is 133 cm³/mol. The zero-order chi connectivity index (χ0) is 22.9. The molecule has 0 radical (unpaired) electrons. The number of nitrogens with one attached hydrogen (secondary N) is 1. The van der Waals surface area contributed by atoms with Gasteiger partial charge < -0.3 is 14.8 Å². The van der Waals surface area contributed by atoms with Crippen LogP contribution in [0.2, 0.25) is 0 Å². The first-order chi connectivity index (χ1) is 15.6. The predicted octanol–water partition coefficient (Wildman–Crippen LogP) is 5.71. The Morgan fingerprint density at radius 3 is 2.47 bits per heavy atom. The van der Waals surface area contributed by atoms with Crippen molar-refractivity contribution in [2.45, 2.75) is 20.3 Å². The summed E-state index contributed by atoms with van der Waals surface area (Å²) in [5, 5.41) is 4.38. The number of rotatable bonds is 9. The summed E-state index contributed by atoms with van der Waals surface area (Å²) in [6, 6.07) is 12.0. The lowest BCUT2D eigenvalue weighted by molar-refractivity contribution is 0.415. The molecule has 0 bridgehead atoms. The highest BCUT2D eigenvalue weighted by Crippen LogP contribution is 2.34. The molecule has 0 spiro atoms. The number of methoxy groups -OCH3 is 2. The maximum atomic E-state index is 5.65. The van der Waals surface area contributed by atoms with Crippen molar-refractivity contribution in [3.8, 4) is 22.6 Å². The van der Waals surface area contributed by atoms with E-state index in [9.17, 15) is 0 Å². The molecule has 6 heteroatoms. The maximum absolute atomic E-state index is 5.65. The van der Waals surface area contributed by atoms with Crippen LogP contribution in [0.5, 0.6) is 11.5 Å². The van der Waals surface area contributed by atoms with Gasteiger partial charge in [0.15, 0.2) is 0 Å². The molecule has 3 aromatic rings. The summed E-state index contributed by atoms with van der Waals surface area (Å²) in [7, 11) is 5.12. The number of ether oxygens (including phenoxy) is 2. The maximum Gasteiger partial charge on any atom is 0.145 e. The highest BCUT2D eigenvalue weighted by Gasteiger charge is 2.12. The van der Waals surface area contributed by atoms with Gasteiger partial charge in [0.25, 0.3) is 0 Å². The van der Waals surface area contributed by atoms with E-state index in [4.69, 9.17) is 9.47 Å². The van der Waals surface area contributed by atoms with Crippen LogP contribution in [0.4, 0.5) is 5.82 Å². The van der Waals surface area contributed by atoms with E-state index in [0.717, 1.165) is 45.7 Å². The fourth-order valence-electron chi connectivity index (χ4n) is 3.33. The summed E-state index contributed by atoms with van der Waals surface area (Å²) >= 11 is 0. The molecular weight excluding hydrogens is 400 g/mol. The lowest BCUT2D eigenvalue weighted by Gasteiger charge is -2.13.